The van der Waals surface area contributed by atoms with Crippen molar-refractivity contribution in [3.05, 3.63) is 65.9 Å². The van der Waals surface area contributed by atoms with Gasteiger partial charge in [-0.25, -0.2) is 4.98 Å². The van der Waals surface area contributed by atoms with Gasteiger partial charge in [0.25, 0.3) is 11.8 Å². The van der Waals surface area contributed by atoms with E-state index < -0.39 is 35.2 Å². The molecule has 9 heteroatoms. The molecule has 148 valence electrons. The topological polar surface area (TPSA) is 164 Å². The molecule has 0 radical (unpaired) electrons. The van der Waals surface area contributed by atoms with E-state index in [0.29, 0.717) is 17.7 Å². The number of aromatic nitrogens is 2. The van der Waals surface area contributed by atoms with Crippen molar-refractivity contribution in [3.63, 3.8) is 0 Å². The lowest BCUT2D eigenvalue weighted by Gasteiger charge is -2.15. The minimum absolute atomic E-state index is 0.0957. The normalized spacial score (nSPS) is 11.6. The number of nitrogens with one attached hydrogen (secondary N) is 1. The summed E-state index contributed by atoms with van der Waals surface area (Å²) in [5.74, 6) is -3.17. The molecule has 0 fully saturated rings. The van der Waals surface area contributed by atoms with Gasteiger partial charge in [-0.3, -0.25) is 9.59 Å². The lowest BCUT2D eigenvalue weighted by atomic mass is 10.1. The number of anilines is 1. The number of amides is 2. The maximum absolute atomic E-state index is 12.6. The van der Waals surface area contributed by atoms with Crippen LogP contribution in [0.25, 0.3) is 11.4 Å². The van der Waals surface area contributed by atoms with Gasteiger partial charge in [0.2, 0.25) is 11.7 Å². The number of nitrogens with two attached hydrogens (primary N) is 2. The van der Waals surface area contributed by atoms with Crippen molar-refractivity contribution in [2.45, 2.75) is 12.5 Å². The van der Waals surface area contributed by atoms with Crippen molar-refractivity contribution < 1.29 is 19.8 Å². The maximum Gasteiger partial charge on any atom is 0.271 e. The number of nitrogens with zero attached hydrogens (tertiary/aromatic N) is 2. The van der Waals surface area contributed by atoms with Crippen molar-refractivity contribution >= 4 is 17.5 Å². The third-order valence-electron chi connectivity index (χ3n) is 4.16. The van der Waals surface area contributed by atoms with E-state index in [2.05, 4.69) is 15.3 Å². The van der Waals surface area contributed by atoms with Crippen LogP contribution in [0.3, 0.4) is 0 Å². The minimum Gasteiger partial charge on any atom is -0.501 e. The van der Waals surface area contributed by atoms with Crippen molar-refractivity contribution in [1.29, 1.82) is 0 Å². The Morgan fingerprint density at radius 2 is 1.66 bits per heavy atom. The van der Waals surface area contributed by atoms with Gasteiger partial charge in [-0.15, -0.1) is 0 Å². The highest BCUT2D eigenvalue weighted by molar-refractivity contribution is 5.98. The van der Waals surface area contributed by atoms with Crippen molar-refractivity contribution in [2.75, 3.05) is 5.32 Å². The molecule has 0 spiro atoms. The summed E-state index contributed by atoms with van der Waals surface area (Å²) in [5.41, 5.74) is 12.2. The Balaban J connectivity index is 1.88. The van der Waals surface area contributed by atoms with Crippen LogP contribution in [0.2, 0.25) is 0 Å². The van der Waals surface area contributed by atoms with E-state index in [9.17, 15) is 19.8 Å². The van der Waals surface area contributed by atoms with Gasteiger partial charge in [-0.2, -0.15) is 4.98 Å². The van der Waals surface area contributed by atoms with Crippen LogP contribution >= 0.6 is 0 Å². The number of hydrogen-bond acceptors (Lipinski definition) is 7. The van der Waals surface area contributed by atoms with Gasteiger partial charge in [0.15, 0.2) is 11.5 Å². The number of carbonyl (C=O) groups excluding carboxylic acids is 2. The lowest BCUT2D eigenvalue weighted by Crippen LogP contribution is -2.37. The lowest BCUT2D eigenvalue weighted by molar-refractivity contribution is -0.117. The number of hydrogen-bond donors (Lipinski definition) is 5. The van der Waals surface area contributed by atoms with Crippen LogP contribution in [0.4, 0.5) is 5.69 Å². The first-order valence-electron chi connectivity index (χ1n) is 8.66. The Morgan fingerprint density at radius 1 is 1.00 bits per heavy atom. The number of aromatic hydroxyl groups is 2. The van der Waals surface area contributed by atoms with Gasteiger partial charge in [-0.05, 0) is 24.1 Å². The van der Waals surface area contributed by atoms with Crippen LogP contribution in [-0.4, -0.2) is 38.0 Å². The Morgan fingerprint density at radius 3 is 2.34 bits per heavy atom. The predicted molar refractivity (Wildman–Crippen MR) is 106 cm³/mol. The average molecular weight is 393 g/mol. The maximum atomic E-state index is 12.6. The molecule has 0 saturated heterocycles. The molecular weight excluding hydrogens is 374 g/mol. The molecule has 3 aromatic rings. The Kier molecular flexibility index (Phi) is 5.70. The Hall–Kier alpha value is -3.98. The molecule has 0 aliphatic heterocycles. The van der Waals surface area contributed by atoms with E-state index in [1.165, 1.54) is 0 Å². The van der Waals surface area contributed by atoms with Crippen LogP contribution < -0.4 is 16.8 Å². The molecule has 0 aliphatic carbocycles. The van der Waals surface area contributed by atoms with Crippen molar-refractivity contribution in [3.8, 4) is 23.0 Å². The monoisotopic (exact) mass is 393 g/mol. The van der Waals surface area contributed by atoms with Crippen LogP contribution in [0.1, 0.15) is 16.1 Å². The molecule has 29 heavy (non-hydrogen) atoms. The number of para-hydroxylation sites is 1. The quantitative estimate of drug-likeness (QED) is 0.419. The fraction of sp³-hybridized carbons (Fsp3) is 0.100. The molecule has 1 unspecified atom stereocenters. The fourth-order valence-corrected chi connectivity index (χ4v) is 2.71. The van der Waals surface area contributed by atoms with E-state index in [1.807, 2.05) is 30.3 Å². The zero-order valence-electron chi connectivity index (χ0n) is 15.2. The molecule has 1 aromatic heterocycles. The van der Waals surface area contributed by atoms with Crippen LogP contribution in [0, 0.1) is 0 Å². The van der Waals surface area contributed by atoms with E-state index in [-0.39, 0.29) is 5.82 Å². The number of carbonyl (C=O) groups is 2. The Bertz CT molecular complexity index is 1060. The summed E-state index contributed by atoms with van der Waals surface area (Å²) in [7, 11) is 0. The summed E-state index contributed by atoms with van der Waals surface area (Å²) in [4.78, 5) is 31.7. The first-order chi connectivity index (χ1) is 13.9. The van der Waals surface area contributed by atoms with E-state index in [0.717, 1.165) is 5.56 Å². The summed E-state index contributed by atoms with van der Waals surface area (Å²) in [5, 5.41) is 22.2. The van der Waals surface area contributed by atoms with Crippen LogP contribution in [0.15, 0.2) is 54.6 Å². The Labute approximate surface area is 166 Å². The van der Waals surface area contributed by atoms with Gasteiger partial charge in [-0.1, -0.05) is 42.5 Å². The number of benzene rings is 2. The van der Waals surface area contributed by atoms with Gasteiger partial charge < -0.3 is 27.0 Å². The third kappa shape index (κ3) is 4.47. The van der Waals surface area contributed by atoms with Crippen molar-refractivity contribution in [1.82, 2.24) is 9.97 Å². The standard InChI is InChI=1S/C20H19N5O4/c21-13(10-11-6-2-1-3-7-11)19(28)23-14-9-5-4-8-12(14)18-24-15(17(22)27)16(26)20(29)25-18/h1-9,13,26H,10,21H2,(H2,22,27)(H,23,28)(H,24,25,29). The zero-order chi connectivity index (χ0) is 21.0. The average Bonchev–Trinajstić information content (AvgIpc) is 2.71. The molecule has 9 nitrogen and oxygen atoms in total. The largest absolute Gasteiger partial charge is 0.501 e. The van der Waals surface area contributed by atoms with E-state index >= 15 is 0 Å². The SMILES string of the molecule is NC(=O)c1nc(-c2ccccc2NC(=O)C(N)Cc2ccccc2)nc(O)c1O. The molecule has 0 bridgehead atoms. The van der Waals surface area contributed by atoms with Gasteiger partial charge in [0, 0.05) is 5.56 Å². The summed E-state index contributed by atoms with van der Waals surface area (Å²) < 4.78 is 0. The molecule has 3 rings (SSSR count). The highest BCUT2D eigenvalue weighted by Gasteiger charge is 2.21. The van der Waals surface area contributed by atoms with Gasteiger partial charge >= 0.3 is 0 Å². The summed E-state index contributed by atoms with van der Waals surface area (Å²) in [6, 6.07) is 15.1. The molecule has 1 atom stereocenters. The second-order valence-electron chi connectivity index (χ2n) is 6.26. The number of rotatable bonds is 6. The zero-order valence-corrected chi connectivity index (χ0v) is 15.2. The molecule has 0 aliphatic rings. The summed E-state index contributed by atoms with van der Waals surface area (Å²) in [6.07, 6.45) is 0.344. The molecule has 7 N–H and O–H groups in total. The first kappa shape index (κ1) is 19.8. The van der Waals surface area contributed by atoms with Gasteiger partial charge in [0.05, 0.1) is 11.7 Å². The molecular formula is C20H19N5O4. The van der Waals surface area contributed by atoms with Crippen LogP contribution in [0.5, 0.6) is 11.6 Å². The van der Waals surface area contributed by atoms with E-state index in [4.69, 9.17) is 11.5 Å². The van der Waals surface area contributed by atoms with Crippen molar-refractivity contribution in [2.24, 2.45) is 11.5 Å². The molecule has 1 heterocycles. The third-order valence-corrected chi connectivity index (χ3v) is 4.16. The predicted octanol–water partition coefficient (Wildman–Crippen LogP) is 1.16. The fourth-order valence-electron chi connectivity index (χ4n) is 2.71. The highest BCUT2D eigenvalue weighted by atomic mass is 16.3. The minimum atomic E-state index is -1.03. The summed E-state index contributed by atoms with van der Waals surface area (Å²) >= 11 is 0. The summed E-state index contributed by atoms with van der Waals surface area (Å²) in [6.45, 7) is 0. The van der Waals surface area contributed by atoms with Crippen LogP contribution in [-0.2, 0) is 11.2 Å². The van der Waals surface area contributed by atoms with Gasteiger partial charge in [0.1, 0.15) is 0 Å². The molecule has 0 saturated carbocycles. The molecule has 2 aromatic carbocycles. The van der Waals surface area contributed by atoms with E-state index in [1.54, 1.807) is 24.3 Å². The second-order valence-corrected chi connectivity index (χ2v) is 6.26. The number of primary amides is 1. The highest BCUT2D eigenvalue weighted by Crippen LogP contribution is 2.31. The molecule has 2 amide bonds. The first-order valence-corrected chi connectivity index (χ1v) is 8.66. The smallest absolute Gasteiger partial charge is 0.271 e. The second kappa shape index (κ2) is 8.36.